The van der Waals surface area contributed by atoms with Crippen LogP contribution in [0.5, 0.6) is 5.75 Å². The molecule has 4 aromatic carbocycles. The van der Waals surface area contributed by atoms with Crippen LogP contribution in [-0.2, 0) is 51.5 Å². The van der Waals surface area contributed by atoms with E-state index in [0.29, 0.717) is 30.9 Å². The van der Waals surface area contributed by atoms with Crippen molar-refractivity contribution in [3.8, 4) is 5.75 Å². The number of thioether (sulfide) groups is 1. The number of aliphatic hydroxyl groups excluding tert-OH is 2. The Balaban J connectivity index is 0.000000290. The molecule has 3 heterocycles. The molecule has 19 nitrogen and oxygen atoms in total. The highest BCUT2D eigenvalue weighted by Crippen LogP contribution is 2.40. The van der Waals surface area contributed by atoms with E-state index in [9.17, 15) is 44.1 Å². The van der Waals surface area contributed by atoms with Crippen LogP contribution < -0.4 is 26.6 Å². The Morgan fingerprint density at radius 3 is 2.00 bits per heavy atom. The molecule has 0 unspecified atom stereocenters. The molecule has 0 aliphatic carbocycles. The van der Waals surface area contributed by atoms with Crippen molar-refractivity contribution in [1.29, 1.82) is 0 Å². The van der Waals surface area contributed by atoms with Crippen LogP contribution in [-0.4, -0.2) is 137 Å². The number of benzene rings is 4. The van der Waals surface area contributed by atoms with Gasteiger partial charge in [-0.15, -0.1) is 41.0 Å². The van der Waals surface area contributed by atoms with E-state index in [-0.39, 0.29) is 66.9 Å². The summed E-state index contributed by atoms with van der Waals surface area (Å²) < 4.78 is 4.85. The molecule has 7 atom stereocenters. The van der Waals surface area contributed by atoms with Gasteiger partial charge in [0, 0.05) is 53.0 Å². The Bertz CT molecular complexity index is 3150. The Labute approximate surface area is 516 Å². The van der Waals surface area contributed by atoms with Crippen LogP contribution in [0.2, 0.25) is 0 Å². The van der Waals surface area contributed by atoms with Crippen LogP contribution in [0.3, 0.4) is 0 Å². The fraction of sp³-hybridized carbons (Fsp3) is 0.406. The molecular formula is C64H81N9O10S3. The highest BCUT2D eigenvalue weighted by atomic mass is 32.2. The van der Waals surface area contributed by atoms with Crippen LogP contribution >= 0.6 is 34.4 Å². The number of carbonyl (C=O) groups excluding carboxylic acids is 6. The Hall–Kier alpha value is -7.63. The Kier molecular flexibility index (Phi) is 25.7. The van der Waals surface area contributed by atoms with Crippen molar-refractivity contribution in [2.75, 3.05) is 19.5 Å². The zero-order valence-electron chi connectivity index (χ0n) is 50.0. The molecule has 8 N–H and O–H groups in total. The number of alkyl carbamates (subject to hydrolysis) is 1. The van der Waals surface area contributed by atoms with E-state index in [1.165, 1.54) is 39.0 Å². The van der Waals surface area contributed by atoms with Gasteiger partial charge in [0.05, 0.1) is 51.7 Å². The minimum atomic E-state index is -1.60. The third-order valence-corrected chi connectivity index (χ3v) is 17.7. The van der Waals surface area contributed by atoms with Crippen molar-refractivity contribution in [2.45, 2.75) is 140 Å². The lowest BCUT2D eigenvalue weighted by Crippen LogP contribution is -2.58. The predicted molar refractivity (Wildman–Crippen MR) is 338 cm³/mol. The number of ether oxygens (including phenoxy) is 1. The van der Waals surface area contributed by atoms with Crippen LogP contribution in [0.15, 0.2) is 139 Å². The second-order valence-electron chi connectivity index (χ2n) is 22.3. The van der Waals surface area contributed by atoms with Gasteiger partial charge in [0.15, 0.2) is 6.10 Å². The fourth-order valence-corrected chi connectivity index (χ4v) is 12.1. The molecule has 0 saturated carbocycles. The van der Waals surface area contributed by atoms with Crippen molar-refractivity contribution < 1.29 is 48.8 Å². The van der Waals surface area contributed by atoms with E-state index in [1.807, 2.05) is 124 Å². The SMILES string of the molecule is C=CCNC(=O)[C@H]1N(C(=O)[C@@H](O)[C@H](Cc2ccccc2)NC(=O)c2cccc(O)c2C)CSC1(C)C.CC(C)c1nc(CN(C)C(=O)N[C@H](C(=O)N[C@@H](Cc2ccccc2)C[C@H](O)[C@H](Cc2ccccc2)NC(=O)OCc2cncs2)C(C)C)cs1. The smallest absolute Gasteiger partial charge is 0.407 e. The summed E-state index contributed by atoms with van der Waals surface area (Å²) in [4.78, 5) is 91.9. The molecule has 0 radical (unpaired) electrons. The minimum Gasteiger partial charge on any atom is -0.508 e. The number of aliphatic hydroxyl groups is 2. The number of thiazole rings is 2. The number of nitrogens with zero attached hydrogens (tertiary/aromatic N) is 4. The first-order chi connectivity index (χ1) is 41.0. The van der Waals surface area contributed by atoms with Crippen LogP contribution in [0.1, 0.15) is 102 Å². The number of amides is 7. The molecule has 1 saturated heterocycles. The van der Waals surface area contributed by atoms with Crippen molar-refractivity contribution in [1.82, 2.24) is 46.4 Å². The lowest BCUT2D eigenvalue weighted by Gasteiger charge is -2.33. The molecule has 0 spiro atoms. The predicted octanol–water partition coefficient (Wildman–Crippen LogP) is 8.29. The van der Waals surface area contributed by atoms with E-state index in [2.05, 4.69) is 57.0 Å². The number of aromatic hydroxyl groups is 1. The third kappa shape index (κ3) is 20.0. The molecule has 460 valence electrons. The molecule has 7 rings (SSSR count). The van der Waals surface area contributed by atoms with E-state index in [1.54, 1.807) is 55.2 Å². The average Bonchev–Trinajstić information content (AvgIpc) is 1.97. The highest BCUT2D eigenvalue weighted by molar-refractivity contribution is 8.00. The number of nitrogens with one attached hydrogen (secondary N) is 5. The molecular weight excluding hydrogens is 1150 g/mol. The van der Waals surface area contributed by atoms with Crippen molar-refractivity contribution in [3.05, 3.63) is 182 Å². The number of hydrogen-bond donors (Lipinski definition) is 8. The zero-order chi connectivity index (χ0) is 62.5. The largest absolute Gasteiger partial charge is 0.508 e. The number of aromatic nitrogens is 2. The molecule has 1 fully saturated rings. The maximum atomic E-state index is 13.9. The minimum absolute atomic E-state index is 0.0245. The van der Waals surface area contributed by atoms with Gasteiger partial charge in [0.2, 0.25) is 11.8 Å². The van der Waals surface area contributed by atoms with Gasteiger partial charge in [-0.05, 0) is 81.2 Å². The van der Waals surface area contributed by atoms with Crippen LogP contribution in [0.4, 0.5) is 9.59 Å². The summed E-state index contributed by atoms with van der Waals surface area (Å²) in [6, 6.07) is 28.8. The second-order valence-corrected chi connectivity index (χ2v) is 25.8. The zero-order valence-corrected chi connectivity index (χ0v) is 52.4. The van der Waals surface area contributed by atoms with Crippen molar-refractivity contribution in [3.63, 3.8) is 0 Å². The summed E-state index contributed by atoms with van der Waals surface area (Å²) in [6.07, 6.45) is 0.983. The molecule has 2 aromatic heterocycles. The first-order valence-corrected chi connectivity index (χ1v) is 31.3. The van der Waals surface area contributed by atoms with Gasteiger partial charge in [-0.25, -0.2) is 14.6 Å². The number of rotatable bonds is 26. The number of phenolic OH excluding ortho intramolecular Hbond substituents is 1. The standard InChI is InChI=1S/C37H48N6O5S2.C27H33N3O5S/c1-24(2)33(42-36(46)43(5)20-29-22-49-35(40-29)25(3)4)34(45)39-28(16-26-12-8-6-9-13-26)18-32(44)31(17-27-14-10-7-11-15-27)41-37(47)48-21-30-19-38-23-50-30;1-5-14-28-25(34)23-27(3,4)36-16-30(23)26(35)22(32)20(15-18-10-7-6-8-11-18)29-24(33)19-12-9-13-21(31)17(19)2/h6-15,19,22-25,28,31-33,44H,16-18,20-21H2,1-5H3,(H,39,45)(H,41,47)(H,42,46);5-13,20,22-23,31-32H,1,14-16H2,2-4H3,(H,28,34)(H,29,33)/t28-,31-,32-,33-;20-,22-,23+/m00/s1. The Morgan fingerprint density at radius 1 is 0.814 bits per heavy atom. The molecule has 6 aromatic rings. The summed E-state index contributed by atoms with van der Waals surface area (Å²) in [5.41, 5.74) is 5.81. The maximum Gasteiger partial charge on any atom is 0.407 e. The highest BCUT2D eigenvalue weighted by Gasteiger charge is 2.50. The van der Waals surface area contributed by atoms with Gasteiger partial charge in [-0.3, -0.25) is 24.2 Å². The second kappa shape index (κ2) is 32.8. The first kappa shape index (κ1) is 67.5. The van der Waals surface area contributed by atoms with Crippen molar-refractivity contribution in [2.24, 2.45) is 5.92 Å². The number of urea groups is 1. The van der Waals surface area contributed by atoms with Crippen LogP contribution in [0, 0.1) is 12.8 Å². The molecule has 22 heteroatoms. The van der Waals surface area contributed by atoms with Gasteiger partial charge >= 0.3 is 12.1 Å². The van der Waals surface area contributed by atoms with Crippen molar-refractivity contribution >= 4 is 70.2 Å². The molecule has 1 aliphatic rings. The number of phenols is 1. The topological polar surface area (TPSA) is 265 Å². The molecule has 86 heavy (non-hydrogen) atoms. The van der Waals surface area contributed by atoms with Gasteiger partial charge in [0.25, 0.3) is 11.8 Å². The summed E-state index contributed by atoms with van der Waals surface area (Å²) in [6.45, 7) is 17.5. The average molecular weight is 1230 g/mol. The third-order valence-electron chi connectivity index (χ3n) is 14.4. The summed E-state index contributed by atoms with van der Waals surface area (Å²) >= 11 is 4.40. The van der Waals surface area contributed by atoms with E-state index < -0.39 is 65.1 Å². The summed E-state index contributed by atoms with van der Waals surface area (Å²) in [5, 5.41) is 50.3. The molecule has 7 amide bonds. The van der Waals surface area contributed by atoms with Gasteiger partial charge in [-0.1, -0.05) is 131 Å². The Morgan fingerprint density at radius 2 is 1.43 bits per heavy atom. The normalized spacial score (nSPS) is 15.6. The summed E-state index contributed by atoms with van der Waals surface area (Å²) in [5.74, 6) is -1.56. The number of carbonyl (C=O) groups is 6. The fourth-order valence-electron chi connectivity index (χ4n) is 9.64. The quantitative estimate of drug-likeness (QED) is 0.0238. The van der Waals surface area contributed by atoms with Gasteiger partial charge in [0.1, 0.15) is 24.4 Å². The van der Waals surface area contributed by atoms with E-state index in [4.69, 9.17) is 4.74 Å². The van der Waals surface area contributed by atoms with Gasteiger partial charge in [-0.2, -0.15) is 0 Å². The first-order valence-electron chi connectivity index (χ1n) is 28.5. The molecule has 1 aliphatic heterocycles. The lowest BCUT2D eigenvalue weighted by molar-refractivity contribution is -0.147. The maximum absolute atomic E-state index is 13.9. The monoisotopic (exact) mass is 1230 g/mol. The summed E-state index contributed by atoms with van der Waals surface area (Å²) in [7, 11) is 1.68. The van der Waals surface area contributed by atoms with Crippen LogP contribution in [0.25, 0.3) is 0 Å². The van der Waals surface area contributed by atoms with Gasteiger partial charge < -0.3 is 56.4 Å². The molecule has 0 bridgehead atoms. The lowest BCUT2D eigenvalue weighted by atomic mass is 9.93. The number of hydrogen-bond acceptors (Lipinski definition) is 15. The van der Waals surface area contributed by atoms with E-state index in [0.717, 1.165) is 32.3 Å². The van der Waals surface area contributed by atoms with E-state index >= 15 is 0 Å².